The van der Waals surface area contributed by atoms with Crippen molar-refractivity contribution in [2.24, 2.45) is 0 Å². The second-order valence-electron chi connectivity index (χ2n) is 5.52. The normalized spacial score (nSPS) is 22.7. The fourth-order valence-electron chi connectivity index (χ4n) is 3.08. The highest BCUT2D eigenvalue weighted by Gasteiger charge is 2.63. The average molecular weight is 274 g/mol. The second-order valence-corrected chi connectivity index (χ2v) is 7.08. The van der Waals surface area contributed by atoms with Crippen molar-refractivity contribution in [2.75, 3.05) is 0 Å². The highest BCUT2D eigenvalue weighted by atomic mass is 32.1. The lowest BCUT2D eigenvalue weighted by molar-refractivity contribution is -0.124. The minimum absolute atomic E-state index is 0.127. The number of hydrogen-bond acceptors (Lipinski definition) is 3. The van der Waals surface area contributed by atoms with Crippen LogP contribution in [0.1, 0.15) is 36.8 Å². The lowest BCUT2D eigenvalue weighted by Gasteiger charge is -2.20. The van der Waals surface area contributed by atoms with Gasteiger partial charge in [0.15, 0.2) is 5.78 Å². The minimum atomic E-state index is -0.127. The van der Waals surface area contributed by atoms with Gasteiger partial charge in [0.05, 0.1) is 10.8 Å². The summed E-state index contributed by atoms with van der Waals surface area (Å²) in [6.07, 6.45) is 4.20. The van der Waals surface area contributed by atoms with Gasteiger partial charge in [-0.25, -0.2) is 0 Å². The van der Waals surface area contributed by atoms with Crippen LogP contribution < -0.4 is 0 Å². The van der Waals surface area contributed by atoms with E-state index in [0.29, 0.717) is 5.78 Å². The maximum atomic E-state index is 13.0. The van der Waals surface area contributed by atoms with E-state index >= 15 is 0 Å². The van der Waals surface area contributed by atoms with E-state index in [-0.39, 0.29) is 10.8 Å². The number of rotatable bonds is 4. The van der Waals surface area contributed by atoms with Gasteiger partial charge in [-0.15, -0.1) is 0 Å². The molecule has 0 aliphatic heterocycles. The van der Waals surface area contributed by atoms with Crippen molar-refractivity contribution in [1.82, 2.24) is 0 Å². The number of hydrogen-bond donors (Lipinski definition) is 0. The van der Waals surface area contributed by atoms with Gasteiger partial charge in [-0.2, -0.15) is 22.7 Å². The fraction of sp³-hybridized carbons (Fsp3) is 0.400. The first-order valence-electron chi connectivity index (χ1n) is 6.38. The zero-order chi connectivity index (χ0) is 12.2. The van der Waals surface area contributed by atoms with Crippen LogP contribution >= 0.6 is 22.7 Å². The summed E-state index contributed by atoms with van der Waals surface area (Å²) in [6.45, 7) is 0. The molecule has 0 aromatic carbocycles. The zero-order valence-corrected chi connectivity index (χ0v) is 11.7. The smallest absolute Gasteiger partial charge is 0.153 e. The summed E-state index contributed by atoms with van der Waals surface area (Å²) < 4.78 is 0. The molecule has 2 aliphatic rings. The third-order valence-corrected chi connectivity index (χ3v) is 5.88. The van der Waals surface area contributed by atoms with Crippen LogP contribution in [-0.2, 0) is 15.6 Å². The predicted octanol–water partition coefficient (Wildman–Crippen LogP) is 4.14. The third-order valence-electron chi connectivity index (χ3n) is 4.52. The first-order valence-corrected chi connectivity index (χ1v) is 8.27. The molecule has 0 spiro atoms. The zero-order valence-electron chi connectivity index (χ0n) is 10.0. The molecule has 4 rings (SSSR count). The molecule has 0 N–H and O–H groups in total. The van der Waals surface area contributed by atoms with Crippen LogP contribution in [0.3, 0.4) is 0 Å². The van der Waals surface area contributed by atoms with Crippen LogP contribution in [0, 0.1) is 0 Å². The molecular formula is C15H14OS2. The number of carbonyl (C=O) groups is 1. The Morgan fingerprint density at radius 2 is 1.33 bits per heavy atom. The number of Topliss-reactive ketones (excluding diaryl/α,β-unsaturated/α-hetero) is 1. The molecule has 2 fully saturated rings. The topological polar surface area (TPSA) is 17.1 Å². The van der Waals surface area contributed by atoms with Crippen LogP contribution in [-0.4, -0.2) is 5.78 Å². The predicted molar refractivity (Wildman–Crippen MR) is 75.5 cm³/mol. The lowest BCUT2D eigenvalue weighted by atomic mass is 9.80. The lowest BCUT2D eigenvalue weighted by Crippen LogP contribution is -2.32. The molecule has 2 saturated carbocycles. The van der Waals surface area contributed by atoms with Gasteiger partial charge in [0.1, 0.15) is 0 Å². The van der Waals surface area contributed by atoms with E-state index in [1.807, 2.05) is 0 Å². The molecule has 2 aromatic heterocycles. The molecule has 2 heterocycles. The molecule has 0 radical (unpaired) electrons. The van der Waals surface area contributed by atoms with E-state index in [1.165, 1.54) is 11.1 Å². The number of thiophene rings is 2. The summed E-state index contributed by atoms with van der Waals surface area (Å²) in [5.41, 5.74) is 2.27. The standard InChI is InChI=1S/C15H14OS2/c16-13(14(3-4-14)11-1-7-17-9-11)15(5-6-15)12-2-8-18-10-12/h1-2,7-10H,3-6H2. The van der Waals surface area contributed by atoms with Crippen molar-refractivity contribution in [3.8, 4) is 0 Å². The monoisotopic (exact) mass is 274 g/mol. The van der Waals surface area contributed by atoms with E-state index in [9.17, 15) is 4.79 Å². The third kappa shape index (κ3) is 1.35. The summed E-state index contributed by atoms with van der Waals surface area (Å²) in [4.78, 5) is 13.0. The molecule has 0 atom stereocenters. The average Bonchev–Trinajstić information content (AvgIpc) is 3.25. The van der Waals surface area contributed by atoms with E-state index in [0.717, 1.165) is 25.7 Å². The molecule has 3 heteroatoms. The molecule has 18 heavy (non-hydrogen) atoms. The van der Waals surface area contributed by atoms with Gasteiger partial charge in [0.2, 0.25) is 0 Å². The largest absolute Gasteiger partial charge is 0.298 e. The summed E-state index contributed by atoms with van der Waals surface area (Å²) in [7, 11) is 0. The van der Waals surface area contributed by atoms with Crippen molar-refractivity contribution in [3.63, 3.8) is 0 Å². The van der Waals surface area contributed by atoms with Crippen LogP contribution in [0.25, 0.3) is 0 Å². The Labute approximate surface area is 114 Å². The Morgan fingerprint density at radius 3 is 1.61 bits per heavy atom. The van der Waals surface area contributed by atoms with Gasteiger partial charge in [0.25, 0.3) is 0 Å². The van der Waals surface area contributed by atoms with Gasteiger partial charge in [-0.05, 0) is 70.5 Å². The molecule has 2 aliphatic carbocycles. The molecular weight excluding hydrogens is 260 g/mol. The van der Waals surface area contributed by atoms with Crippen molar-refractivity contribution < 1.29 is 4.79 Å². The van der Waals surface area contributed by atoms with Gasteiger partial charge >= 0.3 is 0 Å². The van der Waals surface area contributed by atoms with E-state index in [4.69, 9.17) is 0 Å². The maximum Gasteiger partial charge on any atom is 0.153 e. The number of carbonyl (C=O) groups excluding carboxylic acids is 1. The Balaban J connectivity index is 1.73. The van der Waals surface area contributed by atoms with Crippen LogP contribution in [0.2, 0.25) is 0 Å². The molecule has 1 nitrogen and oxygen atoms in total. The minimum Gasteiger partial charge on any atom is -0.298 e. The van der Waals surface area contributed by atoms with Gasteiger partial charge in [0, 0.05) is 0 Å². The summed E-state index contributed by atoms with van der Waals surface area (Å²) in [5.74, 6) is 0.492. The molecule has 0 unspecified atom stereocenters. The van der Waals surface area contributed by atoms with Crippen LogP contribution in [0.4, 0.5) is 0 Å². The molecule has 92 valence electrons. The van der Waals surface area contributed by atoms with Crippen LogP contribution in [0.5, 0.6) is 0 Å². The van der Waals surface area contributed by atoms with Gasteiger partial charge in [-0.3, -0.25) is 4.79 Å². The quantitative estimate of drug-likeness (QED) is 0.819. The first kappa shape index (κ1) is 10.9. The summed E-state index contributed by atoms with van der Waals surface area (Å²) >= 11 is 3.40. The van der Waals surface area contributed by atoms with Crippen LogP contribution in [0.15, 0.2) is 33.7 Å². The van der Waals surface area contributed by atoms with Gasteiger partial charge < -0.3 is 0 Å². The molecule has 0 amide bonds. The summed E-state index contributed by atoms with van der Waals surface area (Å²) in [5, 5.41) is 8.50. The first-order chi connectivity index (χ1) is 8.78. The maximum absolute atomic E-state index is 13.0. The Kier molecular flexibility index (Phi) is 2.16. The Hall–Kier alpha value is -0.930. The van der Waals surface area contributed by atoms with E-state index < -0.39 is 0 Å². The highest BCUT2D eigenvalue weighted by Crippen LogP contribution is 2.60. The van der Waals surface area contributed by atoms with E-state index in [1.54, 1.807) is 22.7 Å². The summed E-state index contributed by atoms with van der Waals surface area (Å²) in [6, 6.07) is 4.28. The fourth-order valence-corrected chi connectivity index (χ4v) is 4.58. The van der Waals surface area contributed by atoms with E-state index in [2.05, 4.69) is 33.7 Å². The molecule has 0 saturated heterocycles. The highest BCUT2D eigenvalue weighted by molar-refractivity contribution is 7.08. The van der Waals surface area contributed by atoms with Crippen molar-refractivity contribution in [1.29, 1.82) is 0 Å². The van der Waals surface area contributed by atoms with Crippen molar-refractivity contribution in [2.45, 2.75) is 36.5 Å². The van der Waals surface area contributed by atoms with Crippen molar-refractivity contribution >= 4 is 28.5 Å². The molecule has 0 bridgehead atoms. The molecule has 2 aromatic rings. The Bertz CT molecular complexity index is 520. The SMILES string of the molecule is O=C(C1(c2ccsc2)CC1)C1(c2ccsc2)CC1. The second kappa shape index (κ2) is 3.55. The van der Waals surface area contributed by atoms with Gasteiger partial charge in [-0.1, -0.05) is 0 Å². The number of ketones is 1. The van der Waals surface area contributed by atoms with Crippen molar-refractivity contribution in [3.05, 3.63) is 44.8 Å². The Morgan fingerprint density at radius 1 is 0.889 bits per heavy atom.